The first kappa shape index (κ1) is 11.8. The van der Waals surface area contributed by atoms with Crippen molar-refractivity contribution in [2.75, 3.05) is 26.3 Å². The number of β-amino-alcohol motifs (C(OH)–C–C–N with tert-alkyl or cyclic N) is 1. The average molecular weight is 249 g/mol. The molecule has 3 rings (SSSR count). The van der Waals surface area contributed by atoms with Crippen LogP contribution >= 0.6 is 0 Å². The van der Waals surface area contributed by atoms with Crippen LogP contribution in [0.5, 0.6) is 11.5 Å². The van der Waals surface area contributed by atoms with Gasteiger partial charge in [0.15, 0.2) is 11.5 Å². The Balaban J connectivity index is 1.79. The van der Waals surface area contributed by atoms with Crippen molar-refractivity contribution in [3.63, 3.8) is 0 Å². The highest BCUT2D eigenvalue weighted by atomic mass is 16.5. The van der Waals surface area contributed by atoms with Gasteiger partial charge in [0.05, 0.1) is 19.3 Å². The Kier molecular flexibility index (Phi) is 3.39. The quantitative estimate of drug-likeness (QED) is 0.860. The zero-order valence-electron chi connectivity index (χ0n) is 10.5. The van der Waals surface area contributed by atoms with Crippen molar-refractivity contribution in [2.45, 2.75) is 25.5 Å². The summed E-state index contributed by atoms with van der Waals surface area (Å²) in [5.74, 6) is 1.74. The number of ether oxygens (including phenoxy) is 2. The molecule has 4 heteroatoms. The molecule has 0 aromatic heterocycles. The van der Waals surface area contributed by atoms with Crippen molar-refractivity contribution >= 4 is 0 Å². The first-order valence-electron chi connectivity index (χ1n) is 6.61. The predicted molar refractivity (Wildman–Crippen MR) is 67.9 cm³/mol. The Morgan fingerprint density at radius 2 is 2.17 bits per heavy atom. The molecule has 2 aliphatic heterocycles. The van der Waals surface area contributed by atoms with Crippen LogP contribution in [0.3, 0.4) is 0 Å². The van der Waals surface area contributed by atoms with Gasteiger partial charge in [-0.05, 0) is 12.5 Å². The van der Waals surface area contributed by atoms with Gasteiger partial charge in [-0.3, -0.25) is 4.90 Å². The van der Waals surface area contributed by atoms with Gasteiger partial charge in [0.25, 0.3) is 0 Å². The lowest BCUT2D eigenvalue weighted by molar-refractivity contribution is 0.174. The summed E-state index contributed by atoms with van der Waals surface area (Å²) in [5, 5.41) is 9.56. The van der Waals surface area contributed by atoms with Crippen LogP contribution in [0.1, 0.15) is 18.4 Å². The molecule has 2 heterocycles. The molecule has 0 radical (unpaired) electrons. The Morgan fingerprint density at radius 3 is 3.00 bits per heavy atom. The van der Waals surface area contributed by atoms with Gasteiger partial charge in [0.1, 0.15) is 0 Å². The Morgan fingerprint density at radius 1 is 1.28 bits per heavy atom. The third-order valence-electron chi connectivity index (χ3n) is 3.49. The van der Waals surface area contributed by atoms with Crippen molar-refractivity contribution in [3.8, 4) is 11.5 Å². The molecule has 0 spiro atoms. The van der Waals surface area contributed by atoms with Gasteiger partial charge in [0, 0.05) is 31.6 Å². The monoisotopic (exact) mass is 249 g/mol. The van der Waals surface area contributed by atoms with E-state index in [1.54, 1.807) is 0 Å². The molecule has 0 unspecified atom stereocenters. The molecule has 1 atom stereocenters. The molecule has 0 aliphatic carbocycles. The fourth-order valence-electron chi connectivity index (χ4n) is 2.58. The maximum atomic E-state index is 9.56. The highest BCUT2D eigenvalue weighted by molar-refractivity contribution is 5.47. The fourth-order valence-corrected chi connectivity index (χ4v) is 2.58. The average Bonchev–Trinajstić information content (AvgIpc) is 2.65. The van der Waals surface area contributed by atoms with E-state index in [0.717, 1.165) is 56.1 Å². The van der Waals surface area contributed by atoms with E-state index in [-0.39, 0.29) is 6.10 Å². The molecule has 0 bridgehead atoms. The molecular weight excluding hydrogens is 230 g/mol. The minimum absolute atomic E-state index is 0.176. The van der Waals surface area contributed by atoms with E-state index in [9.17, 15) is 5.11 Å². The maximum absolute atomic E-state index is 9.56. The summed E-state index contributed by atoms with van der Waals surface area (Å²) in [6.45, 7) is 3.96. The van der Waals surface area contributed by atoms with Gasteiger partial charge < -0.3 is 14.6 Å². The van der Waals surface area contributed by atoms with Crippen LogP contribution in [0.15, 0.2) is 18.2 Å². The number of hydrogen-bond acceptors (Lipinski definition) is 4. The Labute approximate surface area is 107 Å². The summed E-state index contributed by atoms with van der Waals surface area (Å²) in [6.07, 6.45) is 1.62. The normalized spacial score (nSPS) is 23.9. The molecule has 1 aromatic rings. The minimum atomic E-state index is -0.176. The summed E-state index contributed by atoms with van der Waals surface area (Å²) in [5.41, 5.74) is 1.16. The lowest BCUT2D eigenvalue weighted by Crippen LogP contribution is -2.21. The van der Waals surface area contributed by atoms with Crippen LogP contribution in [-0.2, 0) is 6.54 Å². The minimum Gasteiger partial charge on any atom is -0.490 e. The van der Waals surface area contributed by atoms with E-state index in [1.165, 1.54) is 0 Å². The van der Waals surface area contributed by atoms with Crippen molar-refractivity contribution in [2.24, 2.45) is 0 Å². The highest BCUT2D eigenvalue weighted by Crippen LogP contribution is 2.34. The van der Waals surface area contributed by atoms with E-state index < -0.39 is 0 Å². The van der Waals surface area contributed by atoms with Crippen molar-refractivity contribution in [3.05, 3.63) is 23.8 Å². The number of para-hydroxylation sites is 1. The maximum Gasteiger partial charge on any atom is 0.165 e. The van der Waals surface area contributed by atoms with Crippen LogP contribution in [0.2, 0.25) is 0 Å². The number of benzene rings is 1. The molecule has 1 N–H and O–H groups in total. The molecule has 1 fully saturated rings. The first-order valence-corrected chi connectivity index (χ1v) is 6.61. The van der Waals surface area contributed by atoms with Gasteiger partial charge in [-0.2, -0.15) is 0 Å². The van der Waals surface area contributed by atoms with Crippen molar-refractivity contribution < 1.29 is 14.6 Å². The van der Waals surface area contributed by atoms with Crippen molar-refractivity contribution in [1.82, 2.24) is 4.90 Å². The number of nitrogens with zero attached hydrogens (tertiary/aromatic N) is 1. The fraction of sp³-hybridized carbons (Fsp3) is 0.571. The summed E-state index contributed by atoms with van der Waals surface area (Å²) >= 11 is 0. The summed E-state index contributed by atoms with van der Waals surface area (Å²) < 4.78 is 11.5. The van der Waals surface area contributed by atoms with Gasteiger partial charge in [-0.25, -0.2) is 0 Å². The zero-order valence-corrected chi connectivity index (χ0v) is 10.5. The van der Waals surface area contributed by atoms with Crippen LogP contribution < -0.4 is 9.47 Å². The third kappa shape index (κ3) is 2.44. The molecule has 18 heavy (non-hydrogen) atoms. The first-order chi connectivity index (χ1) is 8.83. The van der Waals surface area contributed by atoms with E-state index >= 15 is 0 Å². The second-order valence-electron chi connectivity index (χ2n) is 4.97. The molecule has 0 saturated carbocycles. The molecule has 4 nitrogen and oxygen atoms in total. The molecular formula is C14H19NO3. The second-order valence-corrected chi connectivity index (χ2v) is 4.97. The van der Waals surface area contributed by atoms with Crippen LogP contribution in [-0.4, -0.2) is 42.4 Å². The molecule has 0 amide bonds. The highest BCUT2D eigenvalue weighted by Gasteiger charge is 2.22. The number of rotatable bonds is 2. The smallest absolute Gasteiger partial charge is 0.165 e. The predicted octanol–water partition coefficient (Wildman–Crippen LogP) is 1.41. The number of fused-ring (bicyclic) bond motifs is 1. The van der Waals surface area contributed by atoms with Crippen molar-refractivity contribution in [1.29, 1.82) is 0 Å². The topological polar surface area (TPSA) is 41.9 Å². The Bertz CT molecular complexity index is 422. The third-order valence-corrected chi connectivity index (χ3v) is 3.49. The SMILES string of the molecule is O[C@@H]1CCN(Cc2cccc3c2OCCCO3)C1. The van der Waals surface area contributed by atoms with E-state index in [0.29, 0.717) is 6.61 Å². The second kappa shape index (κ2) is 5.16. The molecule has 2 aliphatic rings. The standard InChI is InChI=1S/C14H19NO3/c16-12-5-6-15(10-12)9-11-3-1-4-13-14(11)18-8-2-7-17-13/h1,3-4,12,16H,2,5-10H2/t12-/m1/s1. The lowest BCUT2D eigenvalue weighted by Gasteiger charge is -2.18. The van der Waals surface area contributed by atoms with Crippen LogP contribution in [0, 0.1) is 0 Å². The number of aliphatic hydroxyl groups excluding tert-OH is 1. The zero-order chi connectivity index (χ0) is 12.4. The van der Waals surface area contributed by atoms with E-state index in [1.807, 2.05) is 12.1 Å². The summed E-state index contributed by atoms with van der Waals surface area (Å²) in [4.78, 5) is 2.26. The van der Waals surface area contributed by atoms with Crippen LogP contribution in [0.25, 0.3) is 0 Å². The molecule has 98 valence electrons. The Hall–Kier alpha value is -1.26. The van der Waals surface area contributed by atoms with Gasteiger partial charge in [-0.1, -0.05) is 12.1 Å². The number of hydrogen-bond donors (Lipinski definition) is 1. The van der Waals surface area contributed by atoms with Crippen LogP contribution in [0.4, 0.5) is 0 Å². The van der Waals surface area contributed by atoms with Gasteiger partial charge in [-0.15, -0.1) is 0 Å². The van der Waals surface area contributed by atoms with Gasteiger partial charge >= 0.3 is 0 Å². The van der Waals surface area contributed by atoms with E-state index in [4.69, 9.17) is 9.47 Å². The van der Waals surface area contributed by atoms with E-state index in [2.05, 4.69) is 11.0 Å². The number of likely N-dealkylation sites (tertiary alicyclic amines) is 1. The lowest BCUT2D eigenvalue weighted by atomic mass is 10.1. The molecule has 1 saturated heterocycles. The van der Waals surface area contributed by atoms with Gasteiger partial charge in [0.2, 0.25) is 0 Å². The summed E-state index contributed by atoms with van der Waals surface area (Å²) in [6, 6.07) is 6.05. The molecule has 1 aromatic carbocycles. The summed E-state index contributed by atoms with van der Waals surface area (Å²) in [7, 11) is 0. The largest absolute Gasteiger partial charge is 0.490 e. The number of aliphatic hydroxyl groups is 1.